The highest BCUT2D eigenvalue weighted by Gasteiger charge is 2.36. The average molecular weight is 234 g/mol. The molecule has 1 unspecified atom stereocenters. The number of ether oxygens (including phenoxy) is 2. The summed E-state index contributed by atoms with van der Waals surface area (Å²) in [4.78, 5) is 12.2. The third-order valence-corrected chi connectivity index (χ3v) is 3.24. The third kappa shape index (κ3) is 2.56. The highest BCUT2D eigenvalue weighted by atomic mass is 16.7. The maximum Gasteiger partial charge on any atom is 0.170 e. The predicted octanol–water partition coefficient (Wildman–Crippen LogP) is 2.66. The maximum atomic E-state index is 12.2. The van der Waals surface area contributed by atoms with Gasteiger partial charge < -0.3 is 9.47 Å². The van der Waals surface area contributed by atoms with Crippen LogP contribution in [-0.2, 0) is 9.47 Å². The molecule has 2 rings (SSSR count). The Balaban J connectivity index is 2.06. The Bertz CT molecular complexity index is 378. The van der Waals surface area contributed by atoms with Crippen LogP contribution < -0.4 is 0 Å². The zero-order valence-electron chi connectivity index (χ0n) is 10.4. The molecule has 1 heterocycles. The molecule has 1 aliphatic heterocycles. The second-order valence-electron chi connectivity index (χ2n) is 4.57. The predicted molar refractivity (Wildman–Crippen MR) is 64.8 cm³/mol. The number of hydrogen-bond donors (Lipinski definition) is 0. The monoisotopic (exact) mass is 234 g/mol. The van der Waals surface area contributed by atoms with Crippen LogP contribution in [0.4, 0.5) is 0 Å². The Morgan fingerprint density at radius 3 is 2.18 bits per heavy atom. The van der Waals surface area contributed by atoms with E-state index in [9.17, 15) is 4.79 Å². The van der Waals surface area contributed by atoms with Crippen LogP contribution in [0, 0.1) is 5.92 Å². The molecular formula is C14H18O3. The highest BCUT2D eigenvalue weighted by Crippen LogP contribution is 2.26. The minimum Gasteiger partial charge on any atom is -0.346 e. The molecule has 0 amide bonds. The van der Waals surface area contributed by atoms with Crippen molar-refractivity contribution in [3.8, 4) is 0 Å². The normalized spacial score (nSPS) is 27.0. The fraction of sp³-hybridized carbons (Fsp3) is 0.500. The van der Waals surface area contributed by atoms with Gasteiger partial charge in [0.15, 0.2) is 12.1 Å². The van der Waals surface area contributed by atoms with Gasteiger partial charge in [-0.25, -0.2) is 0 Å². The van der Waals surface area contributed by atoms with Gasteiger partial charge in [0.1, 0.15) is 0 Å². The van der Waals surface area contributed by atoms with Crippen molar-refractivity contribution in [3.63, 3.8) is 0 Å². The van der Waals surface area contributed by atoms with Gasteiger partial charge in [0.25, 0.3) is 0 Å². The minimum absolute atomic E-state index is 0.0472. The number of Topliss-reactive ketones (excluding diaryl/α,β-unsaturated/α-hetero) is 1. The van der Waals surface area contributed by atoms with Gasteiger partial charge in [-0.1, -0.05) is 37.3 Å². The first-order chi connectivity index (χ1) is 8.09. The first-order valence-corrected chi connectivity index (χ1v) is 6.00. The quantitative estimate of drug-likeness (QED) is 0.754. The zero-order valence-corrected chi connectivity index (χ0v) is 10.4. The lowest BCUT2D eigenvalue weighted by Crippen LogP contribution is -2.27. The molecule has 0 saturated carbocycles. The fourth-order valence-corrected chi connectivity index (χ4v) is 1.90. The summed E-state index contributed by atoms with van der Waals surface area (Å²) in [6.45, 7) is 5.78. The summed E-state index contributed by atoms with van der Waals surface area (Å²) in [5, 5.41) is 0. The molecule has 1 saturated heterocycles. The lowest BCUT2D eigenvalue weighted by Gasteiger charge is -2.17. The molecule has 1 aromatic carbocycles. The van der Waals surface area contributed by atoms with Gasteiger partial charge in [-0.2, -0.15) is 0 Å². The van der Waals surface area contributed by atoms with E-state index in [0.29, 0.717) is 5.56 Å². The van der Waals surface area contributed by atoms with Crippen molar-refractivity contribution in [1.29, 1.82) is 0 Å². The van der Waals surface area contributed by atoms with Gasteiger partial charge in [-0.15, -0.1) is 0 Å². The summed E-state index contributed by atoms with van der Waals surface area (Å²) < 4.78 is 11.3. The van der Waals surface area contributed by atoms with Crippen LogP contribution in [0.2, 0.25) is 0 Å². The van der Waals surface area contributed by atoms with E-state index < -0.39 is 6.29 Å². The lowest BCUT2D eigenvalue weighted by molar-refractivity contribution is -0.0865. The minimum atomic E-state index is -0.423. The summed E-state index contributed by atoms with van der Waals surface area (Å²) in [6.07, 6.45) is -0.329. The van der Waals surface area contributed by atoms with Crippen LogP contribution in [0.1, 0.15) is 31.1 Å². The molecule has 0 spiro atoms. The van der Waals surface area contributed by atoms with Gasteiger partial charge >= 0.3 is 0 Å². The van der Waals surface area contributed by atoms with Crippen molar-refractivity contribution in [2.24, 2.45) is 5.92 Å². The van der Waals surface area contributed by atoms with Gasteiger partial charge in [0.05, 0.1) is 18.1 Å². The Labute approximate surface area is 102 Å². The Hall–Kier alpha value is -1.19. The SMILES string of the molecule is CC(C(=O)c1ccccc1)C1O[C@H](C)[C@@H](C)O1. The largest absolute Gasteiger partial charge is 0.346 e. The smallest absolute Gasteiger partial charge is 0.170 e. The third-order valence-electron chi connectivity index (χ3n) is 3.24. The topological polar surface area (TPSA) is 35.5 Å². The molecule has 92 valence electrons. The van der Waals surface area contributed by atoms with E-state index in [4.69, 9.17) is 9.47 Å². The molecule has 3 atom stereocenters. The van der Waals surface area contributed by atoms with E-state index in [0.717, 1.165) is 0 Å². The number of ketones is 1. The Morgan fingerprint density at radius 1 is 1.12 bits per heavy atom. The summed E-state index contributed by atoms with van der Waals surface area (Å²) in [7, 11) is 0. The highest BCUT2D eigenvalue weighted by molar-refractivity contribution is 5.97. The first-order valence-electron chi connectivity index (χ1n) is 6.00. The van der Waals surface area contributed by atoms with Gasteiger partial charge in [0.2, 0.25) is 0 Å². The van der Waals surface area contributed by atoms with Crippen molar-refractivity contribution in [2.45, 2.75) is 39.3 Å². The van der Waals surface area contributed by atoms with Crippen LogP contribution in [-0.4, -0.2) is 24.3 Å². The number of carbonyl (C=O) groups excluding carboxylic acids is 1. The molecule has 0 aliphatic carbocycles. The molecule has 0 bridgehead atoms. The zero-order chi connectivity index (χ0) is 12.4. The van der Waals surface area contributed by atoms with Crippen LogP contribution >= 0.6 is 0 Å². The van der Waals surface area contributed by atoms with E-state index in [-0.39, 0.29) is 23.9 Å². The fourth-order valence-electron chi connectivity index (χ4n) is 1.90. The standard InChI is InChI=1S/C14H18O3/c1-9(14-16-10(2)11(3)17-14)13(15)12-7-5-4-6-8-12/h4-11,14H,1-3H3/t9?,10-,11-/m1/s1. The number of rotatable bonds is 3. The Kier molecular flexibility index (Phi) is 3.60. The van der Waals surface area contributed by atoms with E-state index >= 15 is 0 Å². The van der Waals surface area contributed by atoms with Crippen molar-refractivity contribution in [3.05, 3.63) is 35.9 Å². The molecule has 1 fully saturated rings. The molecular weight excluding hydrogens is 216 g/mol. The van der Waals surface area contributed by atoms with Gasteiger partial charge in [-0.3, -0.25) is 4.79 Å². The van der Waals surface area contributed by atoms with Gasteiger partial charge in [0, 0.05) is 5.56 Å². The van der Waals surface area contributed by atoms with Gasteiger partial charge in [-0.05, 0) is 13.8 Å². The number of hydrogen-bond acceptors (Lipinski definition) is 3. The van der Waals surface area contributed by atoms with Crippen molar-refractivity contribution in [2.75, 3.05) is 0 Å². The molecule has 3 heteroatoms. The summed E-state index contributed by atoms with van der Waals surface area (Å²) in [5.41, 5.74) is 0.708. The molecule has 0 aromatic heterocycles. The summed E-state index contributed by atoms with van der Waals surface area (Å²) >= 11 is 0. The second-order valence-corrected chi connectivity index (χ2v) is 4.57. The van der Waals surface area contributed by atoms with Crippen molar-refractivity contribution < 1.29 is 14.3 Å². The first kappa shape index (κ1) is 12.3. The molecule has 3 nitrogen and oxygen atoms in total. The van der Waals surface area contributed by atoms with Crippen molar-refractivity contribution >= 4 is 5.78 Å². The van der Waals surface area contributed by atoms with Crippen LogP contribution in [0.3, 0.4) is 0 Å². The van der Waals surface area contributed by atoms with Crippen molar-refractivity contribution in [1.82, 2.24) is 0 Å². The van der Waals surface area contributed by atoms with E-state index in [1.54, 1.807) is 0 Å². The molecule has 1 aliphatic rings. The van der Waals surface area contributed by atoms with Crippen LogP contribution in [0.5, 0.6) is 0 Å². The lowest BCUT2D eigenvalue weighted by atomic mass is 9.99. The Morgan fingerprint density at radius 2 is 1.65 bits per heavy atom. The van der Waals surface area contributed by atoms with Crippen LogP contribution in [0.25, 0.3) is 0 Å². The number of benzene rings is 1. The molecule has 0 radical (unpaired) electrons. The van der Waals surface area contributed by atoms with Crippen LogP contribution in [0.15, 0.2) is 30.3 Å². The van der Waals surface area contributed by atoms with E-state index in [2.05, 4.69) is 0 Å². The number of carbonyl (C=O) groups is 1. The summed E-state index contributed by atoms with van der Waals surface area (Å²) in [5.74, 6) is -0.207. The summed E-state index contributed by atoms with van der Waals surface area (Å²) in [6, 6.07) is 9.26. The maximum absolute atomic E-state index is 12.2. The molecule has 17 heavy (non-hydrogen) atoms. The second kappa shape index (κ2) is 4.98. The van der Waals surface area contributed by atoms with E-state index in [1.807, 2.05) is 51.1 Å². The molecule has 1 aromatic rings. The van der Waals surface area contributed by atoms with E-state index in [1.165, 1.54) is 0 Å². The average Bonchev–Trinajstić information content (AvgIpc) is 2.69. The molecule has 0 N–H and O–H groups in total.